The zero-order valence-electron chi connectivity index (χ0n) is 18.8. The minimum atomic E-state index is -0.754. The molecular weight excluding hydrogens is 522 g/mol. The number of benzene rings is 2. The van der Waals surface area contributed by atoms with Crippen LogP contribution in [0.15, 0.2) is 46.4 Å². The highest BCUT2D eigenvalue weighted by Crippen LogP contribution is 2.38. The minimum absolute atomic E-state index is 0.0420. The van der Waals surface area contributed by atoms with E-state index in [9.17, 15) is 24.5 Å². The van der Waals surface area contributed by atoms with Crippen LogP contribution >= 0.6 is 15.9 Å². The van der Waals surface area contributed by atoms with E-state index in [0.717, 1.165) is 30.6 Å². The zero-order chi connectivity index (χ0) is 25.1. The number of nitrogens with zero attached hydrogens (tertiary/aromatic N) is 2. The lowest BCUT2D eigenvalue weighted by molar-refractivity contribution is -0.384. The maximum absolute atomic E-state index is 13.0. The lowest BCUT2D eigenvalue weighted by Crippen LogP contribution is -2.57. The highest BCUT2D eigenvalue weighted by Gasteiger charge is 2.40. The quantitative estimate of drug-likeness (QED) is 0.238. The molecule has 1 heterocycles. The number of urea groups is 1. The number of nitro benzene ring substituents is 1. The molecule has 1 aliphatic heterocycles. The number of barbiturate groups is 1. The first-order chi connectivity index (χ1) is 16.8. The fraction of sp³-hybridized carbons (Fsp3) is 0.292. The number of imide groups is 2. The molecule has 2 aromatic carbocycles. The van der Waals surface area contributed by atoms with Crippen molar-refractivity contribution in [2.45, 2.75) is 38.3 Å². The van der Waals surface area contributed by atoms with Gasteiger partial charge in [0.05, 0.1) is 16.5 Å². The number of hydrogen-bond donors (Lipinski definition) is 1. The molecule has 1 saturated carbocycles. The number of nitro groups is 1. The van der Waals surface area contributed by atoms with E-state index in [4.69, 9.17) is 9.47 Å². The summed E-state index contributed by atoms with van der Waals surface area (Å²) in [5, 5.41) is 13.3. The Kier molecular flexibility index (Phi) is 7.15. The SMILES string of the molecule is COc1cc(/C=C2\C(=O)NC(=O)N(C3CCCC3)C2=O)cc(Br)c1OCc1cccc([N+](=O)[O-])c1. The van der Waals surface area contributed by atoms with Crippen LogP contribution in [0.4, 0.5) is 10.5 Å². The normalized spacial score (nSPS) is 17.6. The van der Waals surface area contributed by atoms with Gasteiger partial charge in [-0.05, 0) is 58.1 Å². The first-order valence-electron chi connectivity index (χ1n) is 10.9. The smallest absolute Gasteiger partial charge is 0.331 e. The second-order valence-electron chi connectivity index (χ2n) is 8.18. The Balaban J connectivity index is 1.59. The van der Waals surface area contributed by atoms with Gasteiger partial charge >= 0.3 is 6.03 Å². The number of ether oxygens (including phenoxy) is 2. The molecule has 2 aromatic rings. The topological polar surface area (TPSA) is 128 Å². The first kappa shape index (κ1) is 24.4. The van der Waals surface area contributed by atoms with Crippen LogP contribution in [0.3, 0.4) is 0 Å². The van der Waals surface area contributed by atoms with Gasteiger partial charge in [0.15, 0.2) is 11.5 Å². The van der Waals surface area contributed by atoms with Gasteiger partial charge in [-0.3, -0.25) is 29.9 Å². The van der Waals surface area contributed by atoms with E-state index >= 15 is 0 Å². The molecule has 11 heteroatoms. The van der Waals surface area contributed by atoms with Gasteiger partial charge in [0.25, 0.3) is 17.5 Å². The Hall–Kier alpha value is -3.73. The third-order valence-corrected chi connectivity index (χ3v) is 6.48. The van der Waals surface area contributed by atoms with E-state index in [2.05, 4.69) is 21.2 Å². The molecule has 0 bridgehead atoms. The Morgan fingerprint density at radius 1 is 1.20 bits per heavy atom. The lowest BCUT2D eigenvalue weighted by Gasteiger charge is -2.31. The van der Waals surface area contributed by atoms with Crippen molar-refractivity contribution in [1.82, 2.24) is 10.2 Å². The van der Waals surface area contributed by atoms with Gasteiger partial charge in [0.2, 0.25) is 0 Å². The number of amides is 4. The summed E-state index contributed by atoms with van der Waals surface area (Å²) in [5.41, 5.74) is 0.895. The van der Waals surface area contributed by atoms with Gasteiger partial charge < -0.3 is 9.47 Å². The molecule has 10 nitrogen and oxygen atoms in total. The monoisotopic (exact) mass is 543 g/mol. The number of carbonyl (C=O) groups excluding carboxylic acids is 3. The second-order valence-corrected chi connectivity index (χ2v) is 9.03. The summed E-state index contributed by atoms with van der Waals surface area (Å²) < 4.78 is 11.8. The summed E-state index contributed by atoms with van der Waals surface area (Å²) in [6.45, 7) is 0.0520. The lowest BCUT2D eigenvalue weighted by atomic mass is 10.0. The van der Waals surface area contributed by atoms with Crippen molar-refractivity contribution in [2.24, 2.45) is 0 Å². The molecule has 0 unspecified atom stereocenters. The Labute approximate surface area is 209 Å². The molecule has 4 rings (SSSR count). The van der Waals surface area contributed by atoms with Crippen LogP contribution in [0.1, 0.15) is 36.8 Å². The highest BCUT2D eigenvalue weighted by molar-refractivity contribution is 9.10. The number of nitrogens with one attached hydrogen (secondary N) is 1. The summed E-state index contributed by atoms with van der Waals surface area (Å²) in [7, 11) is 1.44. The number of methoxy groups -OCH3 is 1. The Morgan fingerprint density at radius 3 is 2.63 bits per heavy atom. The highest BCUT2D eigenvalue weighted by atomic mass is 79.9. The molecule has 1 saturated heterocycles. The van der Waals surface area contributed by atoms with Gasteiger partial charge in [-0.15, -0.1) is 0 Å². The summed E-state index contributed by atoms with van der Waals surface area (Å²) in [4.78, 5) is 49.5. The number of rotatable bonds is 7. The molecule has 2 aliphatic rings. The molecule has 2 fully saturated rings. The van der Waals surface area contributed by atoms with Gasteiger partial charge in [-0.25, -0.2) is 4.79 Å². The standard InChI is InChI=1S/C24H22BrN3O7/c1-34-20-12-15(10-18-22(29)26-24(31)27(23(18)30)16-6-2-3-7-16)11-19(25)21(20)35-13-14-5-4-8-17(9-14)28(32)33/h4-5,8-12,16H,2-3,6-7,13H2,1H3,(H,26,29,31)/b18-10+. The van der Waals surface area contributed by atoms with Crippen LogP contribution in [0, 0.1) is 10.1 Å². The van der Waals surface area contributed by atoms with Gasteiger partial charge in [-0.2, -0.15) is 0 Å². The predicted molar refractivity (Wildman–Crippen MR) is 129 cm³/mol. The van der Waals surface area contributed by atoms with Crippen molar-refractivity contribution in [3.63, 3.8) is 0 Å². The van der Waals surface area contributed by atoms with E-state index in [-0.39, 0.29) is 23.9 Å². The van der Waals surface area contributed by atoms with Crippen molar-refractivity contribution in [2.75, 3.05) is 7.11 Å². The first-order valence-corrected chi connectivity index (χ1v) is 11.7. The van der Waals surface area contributed by atoms with Crippen LogP contribution in [0.2, 0.25) is 0 Å². The molecule has 1 N–H and O–H groups in total. The fourth-order valence-corrected chi connectivity index (χ4v) is 4.78. The predicted octanol–water partition coefficient (Wildman–Crippen LogP) is 4.35. The molecule has 182 valence electrons. The van der Waals surface area contributed by atoms with Gasteiger partial charge in [-0.1, -0.05) is 25.0 Å². The number of non-ortho nitro benzene ring substituents is 1. The molecule has 35 heavy (non-hydrogen) atoms. The summed E-state index contributed by atoms with van der Waals surface area (Å²) in [6, 6.07) is 8.43. The van der Waals surface area contributed by atoms with Crippen molar-refractivity contribution >= 4 is 45.5 Å². The second kappa shape index (κ2) is 10.3. The van der Waals surface area contributed by atoms with Crippen LogP contribution in [0.5, 0.6) is 11.5 Å². The molecule has 0 radical (unpaired) electrons. The molecule has 0 atom stereocenters. The van der Waals surface area contributed by atoms with Gasteiger partial charge in [0, 0.05) is 18.2 Å². The van der Waals surface area contributed by atoms with E-state index in [1.54, 1.807) is 24.3 Å². The number of halogens is 1. The summed E-state index contributed by atoms with van der Waals surface area (Å²) in [5.74, 6) is -0.700. The molecule has 1 aliphatic carbocycles. The van der Waals surface area contributed by atoms with Crippen LogP contribution in [-0.2, 0) is 16.2 Å². The molecule has 4 amide bonds. The van der Waals surface area contributed by atoms with Crippen LogP contribution in [0.25, 0.3) is 6.08 Å². The van der Waals surface area contributed by atoms with Crippen LogP contribution in [-0.4, -0.2) is 40.8 Å². The summed E-state index contributed by atoms with van der Waals surface area (Å²) >= 11 is 3.43. The Bertz CT molecular complexity index is 1240. The largest absolute Gasteiger partial charge is 0.493 e. The van der Waals surface area contributed by atoms with E-state index in [1.165, 1.54) is 25.3 Å². The minimum Gasteiger partial charge on any atom is -0.493 e. The molecular formula is C24H22BrN3O7. The van der Waals surface area contributed by atoms with Gasteiger partial charge in [0.1, 0.15) is 12.2 Å². The zero-order valence-corrected chi connectivity index (χ0v) is 20.4. The van der Waals surface area contributed by atoms with Crippen LogP contribution < -0.4 is 14.8 Å². The number of carbonyl (C=O) groups is 3. The van der Waals surface area contributed by atoms with Crippen molar-refractivity contribution < 1.29 is 28.8 Å². The maximum Gasteiger partial charge on any atom is 0.331 e. The van der Waals surface area contributed by atoms with Crippen molar-refractivity contribution in [1.29, 1.82) is 0 Å². The number of hydrogen-bond acceptors (Lipinski definition) is 7. The van der Waals surface area contributed by atoms with E-state index < -0.39 is 22.8 Å². The Morgan fingerprint density at radius 2 is 1.94 bits per heavy atom. The summed E-state index contributed by atoms with van der Waals surface area (Å²) in [6.07, 6.45) is 4.70. The third-order valence-electron chi connectivity index (χ3n) is 5.89. The third kappa shape index (κ3) is 5.19. The molecule has 0 spiro atoms. The maximum atomic E-state index is 13.0. The van der Waals surface area contributed by atoms with E-state index in [0.29, 0.717) is 27.1 Å². The van der Waals surface area contributed by atoms with Crippen molar-refractivity contribution in [3.05, 3.63) is 67.7 Å². The fourth-order valence-electron chi connectivity index (χ4n) is 4.21. The average Bonchev–Trinajstić information content (AvgIpc) is 3.35. The molecule has 0 aromatic heterocycles. The average molecular weight is 544 g/mol. The van der Waals surface area contributed by atoms with Crippen molar-refractivity contribution in [3.8, 4) is 11.5 Å². The van der Waals surface area contributed by atoms with E-state index in [1.807, 2.05) is 0 Å².